The molecule has 1 aromatic carbocycles. The number of hydrogen-bond donors (Lipinski definition) is 0. The summed E-state index contributed by atoms with van der Waals surface area (Å²) in [5.74, 6) is 0. The first-order valence-corrected chi connectivity index (χ1v) is 5.67. The average molecular weight is 210 g/mol. The van der Waals surface area contributed by atoms with Crippen LogP contribution in [0.2, 0.25) is 0 Å². The second-order valence-corrected chi connectivity index (χ2v) is 4.26. The number of piperidine rings is 1. The van der Waals surface area contributed by atoms with Gasteiger partial charge in [-0.1, -0.05) is 30.3 Å². The number of hydrogen-bond acceptors (Lipinski definition) is 2. The number of allylic oxidation sites excluding steroid dienone is 1. The normalized spacial score (nSPS) is 16.8. The van der Waals surface area contributed by atoms with Crippen molar-refractivity contribution >= 4 is 13.6 Å². The first-order valence-electron chi connectivity index (χ1n) is 5.67. The SMILES string of the molecule is BN1CCC(=C(C#N)c2ccccc2)CC1. The Morgan fingerprint density at radius 2 is 1.81 bits per heavy atom. The van der Waals surface area contributed by atoms with Gasteiger partial charge in [-0.05, 0) is 37.1 Å². The molecule has 2 nitrogen and oxygen atoms in total. The third-order valence-corrected chi connectivity index (χ3v) is 3.12. The molecule has 80 valence electrons. The standard InChI is InChI=1S/C13H15BN2/c14-16-8-6-12(7-9-16)13(10-15)11-4-2-1-3-5-11/h1-5H,6-9,14H2. The Hall–Kier alpha value is -1.53. The fraction of sp³-hybridized carbons (Fsp3) is 0.308. The third kappa shape index (κ3) is 2.34. The highest BCUT2D eigenvalue weighted by molar-refractivity contribution is 6.04. The minimum atomic E-state index is 0.883. The van der Waals surface area contributed by atoms with Crippen molar-refractivity contribution in [3.63, 3.8) is 0 Å². The van der Waals surface area contributed by atoms with Crippen LogP contribution in [0.4, 0.5) is 0 Å². The van der Waals surface area contributed by atoms with Crippen LogP contribution in [0, 0.1) is 11.3 Å². The summed E-state index contributed by atoms with van der Waals surface area (Å²) in [5, 5.41) is 9.28. The van der Waals surface area contributed by atoms with E-state index < -0.39 is 0 Å². The largest absolute Gasteiger partial charge is 0.348 e. The molecule has 0 N–H and O–H groups in total. The van der Waals surface area contributed by atoms with E-state index in [-0.39, 0.29) is 0 Å². The minimum Gasteiger partial charge on any atom is -0.348 e. The van der Waals surface area contributed by atoms with Gasteiger partial charge in [-0.3, -0.25) is 0 Å². The van der Waals surface area contributed by atoms with Crippen LogP contribution in [-0.2, 0) is 0 Å². The van der Waals surface area contributed by atoms with E-state index in [4.69, 9.17) is 0 Å². The molecular formula is C13H15BN2. The van der Waals surface area contributed by atoms with Crippen molar-refractivity contribution in [1.29, 1.82) is 5.26 Å². The zero-order valence-corrected chi connectivity index (χ0v) is 9.61. The smallest absolute Gasteiger partial charge is 0.185 e. The molecule has 1 aromatic rings. The molecule has 0 aliphatic carbocycles. The zero-order valence-electron chi connectivity index (χ0n) is 9.61. The van der Waals surface area contributed by atoms with Gasteiger partial charge in [0, 0.05) is 0 Å². The maximum absolute atomic E-state index is 9.28. The van der Waals surface area contributed by atoms with Crippen LogP contribution in [0.25, 0.3) is 5.57 Å². The van der Waals surface area contributed by atoms with Crippen LogP contribution in [0.1, 0.15) is 18.4 Å². The summed E-state index contributed by atoms with van der Waals surface area (Å²) >= 11 is 0. The molecule has 0 radical (unpaired) electrons. The van der Waals surface area contributed by atoms with Gasteiger partial charge in [0.05, 0.1) is 11.6 Å². The summed E-state index contributed by atoms with van der Waals surface area (Å²) in [6.45, 7) is 2.13. The second kappa shape index (κ2) is 5.00. The van der Waals surface area contributed by atoms with Crippen molar-refractivity contribution in [3.8, 4) is 6.07 Å². The number of benzene rings is 1. The second-order valence-electron chi connectivity index (χ2n) is 4.26. The van der Waals surface area contributed by atoms with E-state index in [9.17, 15) is 5.26 Å². The van der Waals surface area contributed by atoms with Gasteiger partial charge in [-0.2, -0.15) is 5.26 Å². The van der Waals surface area contributed by atoms with Crippen LogP contribution >= 0.6 is 0 Å². The lowest BCUT2D eigenvalue weighted by atomic mass is 9.93. The quantitative estimate of drug-likeness (QED) is 0.520. The maximum atomic E-state index is 9.28. The molecule has 0 spiro atoms. The van der Waals surface area contributed by atoms with E-state index in [1.54, 1.807) is 0 Å². The van der Waals surface area contributed by atoms with Gasteiger partial charge in [0.25, 0.3) is 0 Å². The van der Waals surface area contributed by atoms with Crippen LogP contribution in [-0.4, -0.2) is 25.9 Å². The molecule has 0 aromatic heterocycles. The molecule has 1 aliphatic heterocycles. The molecule has 3 heteroatoms. The summed E-state index contributed by atoms with van der Waals surface area (Å²) in [4.78, 5) is 2.31. The Bertz CT molecular complexity index is 421. The summed E-state index contributed by atoms with van der Waals surface area (Å²) < 4.78 is 0. The summed E-state index contributed by atoms with van der Waals surface area (Å²) in [6, 6.07) is 12.4. The van der Waals surface area contributed by atoms with Crippen molar-refractivity contribution < 1.29 is 0 Å². The van der Waals surface area contributed by atoms with Crippen molar-refractivity contribution in [3.05, 3.63) is 41.5 Å². The average Bonchev–Trinajstić information content (AvgIpc) is 2.34. The summed E-state index contributed by atoms with van der Waals surface area (Å²) in [6.07, 6.45) is 2.04. The number of nitriles is 1. The molecule has 0 amide bonds. The van der Waals surface area contributed by atoms with Gasteiger partial charge < -0.3 is 4.81 Å². The first kappa shape index (κ1) is 11.0. The molecule has 1 heterocycles. The van der Waals surface area contributed by atoms with Crippen molar-refractivity contribution in [2.24, 2.45) is 0 Å². The predicted octanol–water partition coefficient (Wildman–Crippen LogP) is 1.61. The highest BCUT2D eigenvalue weighted by atomic mass is 15.0. The lowest BCUT2D eigenvalue weighted by Gasteiger charge is -2.25. The Kier molecular flexibility index (Phi) is 3.43. The lowest BCUT2D eigenvalue weighted by molar-refractivity contribution is 0.420. The Morgan fingerprint density at radius 3 is 2.38 bits per heavy atom. The first-order chi connectivity index (χ1) is 7.81. The molecule has 1 aliphatic rings. The van der Waals surface area contributed by atoms with Gasteiger partial charge in [0.15, 0.2) is 7.98 Å². The fourth-order valence-electron chi connectivity index (χ4n) is 2.09. The third-order valence-electron chi connectivity index (χ3n) is 3.12. The molecule has 16 heavy (non-hydrogen) atoms. The van der Waals surface area contributed by atoms with Gasteiger partial charge >= 0.3 is 0 Å². The van der Waals surface area contributed by atoms with Crippen molar-refractivity contribution in [2.75, 3.05) is 13.1 Å². The van der Waals surface area contributed by atoms with Crippen molar-refractivity contribution in [1.82, 2.24) is 4.81 Å². The molecular weight excluding hydrogens is 195 g/mol. The van der Waals surface area contributed by atoms with Crippen LogP contribution in [0.5, 0.6) is 0 Å². The number of nitrogens with zero attached hydrogens (tertiary/aromatic N) is 2. The van der Waals surface area contributed by atoms with Crippen molar-refractivity contribution in [2.45, 2.75) is 12.8 Å². The van der Waals surface area contributed by atoms with Crippen LogP contribution in [0.3, 0.4) is 0 Å². The predicted molar refractivity (Wildman–Crippen MR) is 68.3 cm³/mol. The van der Waals surface area contributed by atoms with Crippen LogP contribution < -0.4 is 0 Å². The molecule has 0 bridgehead atoms. The van der Waals surface area contributed by atoms with E-state index in [1.165, 1.54) is 5.57 Å². The maximum Gasteiger partial charge on any atom is 0.185 e. The van der Waals surface area contributed by atoms with E-state index in [2.05, 4.69) is 18.9 Å². The molecule has 2 rings (SSSR count). The monoisotopic (exact) mass is 210 g/mol. The van der Waals surface area contributed by atoms with Gasteiger partial charge in [-0.15, -0.1) is 0 Å². The highest BCUT2D eigenvalue weighted by Gasteiger charge is 2.14. The molecule has 0 unspecified atom stereocenters. The fourth-order valence-corrected chi connectivity index (χ4v) is 2.09. The molecule has 0 atom stereocenters. The van der Waals surface area contributed by atoms with Gasteiger partial charge in [-0.25, -0.2) is 0 Å². The Morgan fingerprint density at radius 1 is 1.19 bits per heavy atom. The molecule has 1 fully saturated rings. The number of rotatable bonds is 1. The summed E-state index contributed by atoms with van der Waals surface area (Å²) in [7, 11) is 2.13. The zero-order chi connectivity index (χ0) is 11.4. The van der Waals surface area contributed by atoms with Crippen LogP contribution in [0.15, 0.2) is 35.9 Å². The van der Waals surface area contributed by atoms with Gasteiger partial charge in [0.1, 0.15) is 0 Å². The van der Waals surface area contributed by atoms with Gasteiger partial charge in [0.2, 0.25) is 0 Å². The minimum absolute atomic E-state index is 0.883. The topological polar surface area (TPSA) is 27.0 Å². The highest BCUT2D eigenvalue weighted by Crippen LogP contribution is 2.25. The Balaban J connectivity index is 2.30. The van der Waals surface area contributed by atoms with E-state index in [0.717, 1.165) is 37.1 Å². The lowest BCUT2D eigenvalue weighted by Crippen LogP contribution is -2.28. The van der Waals surface area contributed by atoms with E-state index in [0.29, 0.717) is 0 Å². The van der Waals surface area contributed by atoms with E-state index >= 15 is 0 Å². The van der Waals surface area contributed by atoms with E-state index in [1.807, 2.05) is 30.3 Å². The molecule has 1 saturated heterocycles. The Labute approximate surface area is 97.6 Å². The molecule has 0 saturated carbocycles. The summed E-state index contributed by atoms with van der Waals surface area (Å²) in [5.41, 5.74) is 3.25.